The van der Waals surface area contributed by atoms with Crippen LogP contribution < -0.4 is 11.1 Å². The summed E-state index contributed by atoms with van der Waals surface area (Å²) in [6, 6.07) is 6.02. The molecule has 0 aromatic heterocycles. The third-order valence-electron chi connectivity index (χ3n) is 5.60. The van der Waals surface area contributed by atoms with Gasteiger partial charge in [-0.1, -0.05) is 31.9 Å². The van der Waals surface area contributed by atoms with Gasteiger partial charge in [0.1, 0.15) is 0 Å². The van der Waals surface area contributed by atoms with Crippen molar-refractivity contribution in [2.75, 3.05) is 5.73 Å². The Kier molecular flexibility index (Phi) is 2.33. The molecular formula is C17H20N2O. The van der Waals surface area contributed by atoms with Crippen LogP contribution in [0.25, 0.3) is 5.70 Å². The van der Waals surface area contributed by atoms with Crippen molar-refractivity contribution in [2.24, 2.45) is 11.3 Å². The van der Waals surface area contributed by atoms with Gasteiger partial charge in [-0.2, -0.15) is 0 Å². The molecule has 3 N–H and O–H groups in total. The van der Waals surface area contributed by atoms with Crippen LogP contribution in [0.2, 0.25) is 0 Å². The normalized spacial score (nSPS) is 31.4. The highest BCUT2D eigenvalue weighted by molar-refractivity contribution is 5.96. The number of allylic oxidation sites excluding steroid dienone is 1. The molecule has 1 amide bonds. The third kappa shape index (κ3) is 1.38. The number of nitrogens with two attached hydrogens (primary N) is 1. The highest BCUT2D eigenvalue weighted by atomic mass is 16.2. The lowest BCUT2D eigenvalue weighted by atomic mass is 9.61. The van der Waals surface area contributed by atoms with Crippen molar-refractivity contribution in [1.29, 1.82) is 0 Å². The molecule has 1 aromatic carbocycles. The summed E-state index contributed by atoms with van der Waals surface area (Å²) in [6.45, 7) is 2.28. The molecule has 2 aliphatic carbocycles. The fourth-order valence-corrected chi connectivity index (χ4v) is 4.42. The van der Waals surface area contributed by atoms with Crippen LogP contribution in [0, 0.1) is 11.3 Å². The number of benzene rings is 1. The Morgan fingerprint density at radius 1 is 1.35 bits per heavy atom. The topological polar surface area (TPSA) is 55.1 Å². The van der Waals surface area contributed by atoms with Crippen molar-refractivity contribution >= 4 is 17.3 Å². The van der Waals surface area contributed by atoms with Gasteiger partial charge in [0.15, 0.2) is 0 Å². The standard InChI is InChI=1S/C17H20N2O/c1-17-8-3-2-6-12(17)16(20)19-15-10-5-4-7-14(18)11(10)9-13(15)17/h4-5,7,12H,2-3,6,8-9,18H2,1H3,(H,19,20)/t12?,17-/m0/s1. The van der Waals surface area contributed by atoms with Crippen LogP contribution in [0.4, 0.5) is 5.69 Å². The number of amides is 1. The van der Waals surface area contributed by atoms with E-state index in [1.807, 2.05) is 12.1 Å². The summed E-state index contributed by atoms with van der Waals surface area (Å²) in [5.41, 5.74) is 11.8. The van der Waals surface area contributed by atoms with Gasteiger partial charge in [-0.25, -0.2) is 0 Å². The van der Waals surface area contributed by atoms with E-state index in [2.05, 4.69) is 18.3 Å². The molecule has 4 rings (SSSR count). The number of anilines is 1. The molecule has 104 valence electrons. The van der Waals surface area contributed by atoms with E-state index in [1.54, 1.807) is 0 Å². The Hall–Kier alpha value is -1.77. The average molecular weight is 268 g/mol. The van der Waals surface area contributed by atoms with Crippen LogP contribution in [0.3, 0.4) is 0 Å². The Balaban J connectivity index is 1.89. The number of nitrogens with one attached hydrogen (secondary N) is 1. The number of nitrogen functional groups attached to an aromatic ring is 1. The Bertz CT molecular complexity index is 646. The highest BCUT2D eigenvalue weighted by Crippen LogP contribution is 2.54. The molecular weight excluding hydrogens is 248 g/mol. The van der Waals surface area contributed by atoms with Gasteiger partial charge in [0.2, 0.25) is 5.91 Å². The first-order valence-electron chi connectivity index (χ1n) is 7.53. The molecule has 1 unspecified atom stereocenters. The molecule has 0 saturated heterocycles. The number of carbonyl (C=O) groups excluding carboxylic acids is 1. The van der Waals surface area contributed by atoms with Crippen LogP contribution in [0.5, 0.6) is 0 Å². The van der Waals surface area contributed by atoms with Gasteiger partial charge in [0.25, 0.3) is 0 Å². The van der Waals surface area contributed by atoms with E-state index in [1.165, 1.54) is 24.0 Å². The van der Waals surface area contributed by atoms with Crippen molar-refractivity contribution in [1.82, 2.24) is 5.32 Å². The van der Waals surface area contributed by atoms with E-state index in [0.717, 1.165) is 36.2 Å². The zero-order chi connectivity index (χ0) is 13.9. The van der Waals surface area contributed by atoms with E-state index < -0.39 is 0 Å². The van der Waals surface area contributed by atoms with E-state index in [-0.39, 0.29) is 17.2 Å². The minimum Gasteiger partial charge on any atom is -0.398 e. The summed E-state index contributed by atoms with van der Waals surface area (Å²) in [6.07, 6.45) is 5.45. The summed E-state index contributed by atoms with van der Waals surface area (Å²) in [4.78, 5) is 12.5. The van der Waals surface area contributed by atoms with Crippen molar-refractivity contribution < 1.29 is 4.79 Å². The largest absolute Gasteiger partial charge is 0.398 e. The Labute approximate surface area is 119 Å². The van der Waals surface area contributed by atoms with Crippen LogP contribution in [-0.4, -0.2) is 5.91 Å². The first kappa shape index (κ1) is 12.0. The lowest BCUT2D eigenvalue weighted by Gasteiger charge is -2.45. The van der Waals surface area contributed by atoms with Crippen molar-refractivity contribution in [3.05, 3.63) is 34.9 Å². The minimum atomic E-state index is 0.0291. The summed E-state index contributed by atoms with van der Waals surface area (Å²) < 4.78 is 0. The Morgan fingerprint density at radius 2 is 2.20 bits per heavy atom. The highest BCUT2D eigenvalue weighted by Gasteiger charge is 2.49. The van der Waals surface area contributed by atoms with Gasteiger partial charge in [-0.3, -0.25) is 4.79 Å². The predicted molar refractivity (Wildman–Crippen MR) is 79.7 cm³/mol. The number of rotatable bonds is 0. The molecule has 0 spiro atoms. The van der Waals surface area contributed by atoms with E-state index in [0.29, 0.717) is 0 Å². The molecule has 1 aromatic rings. The first-order valence-corrected chi connectivity index (χ1v) is 7.53. The van der Waals surface area contributed by atoms with Gasteiger partial charge < -0.3 is 11.1 Å². The van der Waals surface area contributed by atoms with E-state index >= 15 is 0 Å². The summed E-state index contributed by atoms with van der Waals surface area (Å²) in [5, 5.41) is 3.17. The summed E-state index contributed by atoms with van der Waals surface area (Å²) >= 11 is 0. The smallest absolute Gasteiger partial charge is 0.228 e. The number of hydrogen-bond acceptors (Lipinski definition) is 2. The summed E-state index contributed by atoms with van der Waals surface area (Å²) in [5.74, 6) is 0.353. The van der Waals surface area contributed by atoms with Crippen LogP contribution in [-0.2, 0) is 11.2 Å². The van der Waals surface area contributed by atoms with Gasteiger partial charge in [-0.05, 0) is 36.5 Å². The van der Waals surface area contributed by atoms with Crippen molar-refractivity contribution in [3.63, 3.8) is 0 Å². The van der Waals surface area contributed by atoms with Gasteiger partial charge in [-0.15, -0.1) is 0 Å². The molecule has 1 aliphatic heterocycles. The fourth-order valence-electron chi connectivity index (χ4n) is 4.42. The molecule has 1 fully saturated rings. The predicted octanol–water partition coefficient (Wildman–Crippen LogP) is 2.86. The maximum Gasteiger partial charge on any atom is 0.228 e. The third-order valence-corrected chi connectivity index (χ3v) is 5.60. The Morgan fingerprint density at radius 3 is 3.05 bits per heavy atom. The van der Waals surface area contributed by atoms with Gasteiger partial charge >= 0.3 is 0 Å². The lowest BCUT2D eigenvalue weighted by Crippen LogP contribution is -2.47. The second-order valence-electron chi connectivity index (χ2n) is 6.61. The fraction of sp³-hybridized carbons (Fsp3) is 0.471. The molecule has 20 heavy (non-hydrogen) atoms. The van der Waals surface area contributed by atoms with Crippen LogP contribution in [0.15, 0.2) is 23.8 Å². The van der Waals surface area contributed by atoms with Crippen LogP contribution >= 0.6 is 0 Å². The molecule has 3 aliphatic rings. The minimum absolute atomic E-state index is 0.0291. The van der Waals surface area contributed by atoms with Crippen LogP contribution in [0.1, 0.15) is 43.7 Å². The second kappa shape index (κ2) is 3.87. The SMILES string of the molecule is C[C@]12CCCCC1C(=O)NC1=C2Cc2c(N)cccc21. The molecule has 3 nitrogen and oxygen atoms in total. The lowest BCUT2D eigenvalue weighted by molar-refractivity contribution is -0.129. The van der Waals surface area contributed by atoms with Crippen molar-refractivity contribution in [3.8, 4) is 0 Å². The monoisotopic (exact) mass is 268 g/mol. The van der Waals surface area contributed by atoms with Gasteiger partial charge in [0.05, 0.1) is 0 Å². The van der Waals surface area contributed by atoms with E-state index in [9.17, 15) is 4.79 Å². The number of carbonyl (C=O) groups is 1. The first-order chi connectivity index (χ1) is 9.61. The molecule has 2 atom stereocenters. The molecule has 1 saturated carbocycles. The molecule has 1 heterocycles. The van der Waals surface area contributed by atoms with E-state index in [4.69, 9.17) is 5.73 Å². The number of hydrogen-bond donors (Lipinski definition) is 2. The zero-order valence-electron chi connectivity index (χ0n) is 11.8. The maximum absolute atomic E-state index is 12.5. The zero-order valence-corrected chi connectivity index (χ0v) is 11.8. The summed E-state index contributed by atoms with van der Waals surface area (Å²) in [7, 11) is 0. The maximum atomic E-state index is 12.5. The molecule has 3 heteroatoms. The second-order valence-corrected chi connectivity index (χ2v) is 6.61. The van der Waals surface area contributed by atoms with Crippen molar-refractivity contribution in [2.45, 2.75) is 39.0 Å². The molecule has 0 radical (unpaired) electrons. The molecule has 0 bridgehead atoms. The van der Waals surface area contributed by atoms with Gasteiger partial charge in [0, 0.05) is 28.3 Å². The number of fused-ring (bicyclic) bond motifs is 4. The average Bonchev–Trinajstić information content (AvgIpc) is 2.80. The quantitative estimate of drug-likeness (QED) is 0.711.